The highest BCUT2D eigenvalue weighted by atomic mass is 16.1. The third-order valence-corrected chi connectivity index (χ3v) is 1.21. The van der Waals surface area contributed by atoms with Crippen LogP contribution in [0.1, 0.15) is 34.6 Å². The Bertz CT molecular complexity index is 210. The summed E-state index contributed by atoms with van der Waals surface area (Å²) in [6, 6.07) is 6.43. The van der Waals surface area contributed by atoms with Gasteiger partial charge in [0.15, 0.2) is 0 Å². The molecule has 2 heteroatoms. The standard InChI is InChI=1S/C8H6O2.C2H6/c9-5-7-1-2-8(6-10)4-3-7;1-2/h1-6H;1-2H3. The molecule has 0 unspecified atom stereocenters. The van der Waals surface area contributed by atoms with Crippen LogP contribution in [0.25, 0.3) is 0 Å². The van der Waals surface area contributed by atoms with E-state index in [2.05, 4.69) is 0 Å². The lowest BCUT2D eigenvalue weighted by Gasteiger charge is -1.88. The predicted molar refractivity (Wildman–Crippen MR) is 48.6 cm³/mol. The molecule has 0 aliphatic rings. The molecular weight excluding hydrogens is 152 g/mol. The molecule has 1 aromatic rings. The Morgan fingerprint density at radius 2 is 1.08 bits per heavy atom. The molecule has 1 rings (SSSR count). The number of rotatable bonds is 2. The molecule has 0 radical (unpaired) electrons. The van der Waals surface area contributed by atoms with E-state index in [1.54, 1.807) is 24.3 Å². The van der Waals surface area contributed by atoms with E-state index in [4.69, 9.17) is 0 Å². The van der Waals surface area contributed by atoms with Crippen molar-refractivity contribution in [2.45, 2.75) is 13.8 Å². The molecule has 0 atom stereocenters. The Hall–Kier alpha value is -1.44. The normalized spacial score (nSPS) is 7.83. The van der Waals surface area contributed by atoms with E-state index in [1.165, 1.54) is 0 Å². The van der Waals surface area contributed by atoms with Gasteiger partial charge in [0.1, 0.15) is 12.6 Å². The van der Waals surface area contributed by atoms with Gasteiger partial charge in [-0.05, 0) is 0 Å². The molecule has 0 aliphatic heterocycles. The highest BCUT2D eigenvalue weighted by Crippen LogP contribution is 1.98. The highest BCUT2D eigenvalue weighted by Gasteiger charge is 1.88. The van der Waals surface area contributed by atoms with Crippen molar-refractivity contribution in [2.24, 2.45) is 0 Å². The maximum atomic E-state index is 10.1. The monoisotopic (exact) mass is 164 g/mol. The Labute approximate surface area is 72.2 Å². The predicted octanol–water partition coefficient (Wildman–Crippen LogP) is 2.34. The fourth-order valence-corrected chi connectivity index (χ4v) is 0.653. The van der Waals surface area contributed by atoms with E-state index in [0.29, 0.717) is 11.1 Å². The summed E-state index contributed by atoms with van der Waals surface area (Å²) < 4.78 is 0. The van der Waals surface area contributed by atoms with Gasteiger partial charge >= 0.3 is 0 Å². The smallest absolute Gasteiger partial charge is 0.150 e. The van der Waals surface area contributed by atoms with Crippen molar-refractivity contribution < 1.29 is 9.59 Å². The van der Waals surface area contributed by atoms with Crippen LogP contribution in [0.15, 0.2) is 24.3 Å². The first-order valence-corrected chi connectivity index (χ1v) is 3.87. The molecule has 0 spiro atoms. The number of benzene rings is 1. The second-order valence-corrected chi connectivity index (χ2v) is 1.90. The third kappa shape index (κ3) is 3.10. The van der Waals surface area contributed by atoms with Gasteiger partial charge in [-0.15, -0.1) is 0 Å². The zero-order chi connectivity index (χ0) is 9.40. The molecule has 0 bridgehead atoms. The van der Waals surface area contributed by atoms with Gasteiger partial charge < -0.3 is 0 Å². The van der Waals surface area contributed by atoms with E-state index < -0.39 is 0 Å². The van der Waals surface area contributed by atoms with Gasteiger partial charge in [0, 0.05) is 11.1 Å². The molecule has 0 saturated heterocycles. The molecule has 0 saturated carbocycles. The van der Waals surface area contributed by atoms with Crippen LogP contribution < -0.4 is 0 Å². The van der Waals surface area contributed by atoms with Gasteiger partial charge in [0.25, 0.3) is 0 Å². The lowest BCUT2D eigenvalue weighted by Crippen LogP contribution is -1.81. The minimum absolute atomic E-state index is 0.589. The number of carbonyl (C=O) groups is 2. The van der Waals surface area contributed by atoms with Crippen molar-refractivity contribution in [3.63, 3.8) is 0 Å². The fourth-order valence-electron chi connectivity index (χ4n) is 0.653. The van der Waals surface area contributed by atoms with Crippen molar-refractivity contribution in [3.05, 3.63) is 35.4 Å². The van der Waals surface area contributed by atoms with Crippen molar-refractivity contribution in [1.29, 1.82) is 0 Å². The Morgan fingerprint density at radius 1 is 0.833 bits per heavy atom. The molecule has 0 N–H and O–H groups in total. The van der Waals surface area contributed by atoms with Gasteiger partial charge in [-0.1, -0.05) is 38.1 Å². The molecule has 2 nitrogen and oxygen atoms in total. The first-order chi connectivity index (χ1) is 5.86. The quantitative estimate of drug-likeness (QED) is 0.629. The molecule has 64 valence electrons. The molecule has 12 heavy (non-hydrogen) atoms. The third-order valence-electron chi connectivity index (χ3n) is 1.21. The summed E-state index contributed by atoms with van der Waals surface area (Å²) in [6.45, 7) is 4.00. The van der Waals surface area contributed by atoms with Crippen LogP contribution in [0.3, 0.4) is 0 Å². The van der Waals surface area contributed by atoms with E-state index in [1.807, 2.05) is 13.8 Å². The van der Waals surface area contributed by atoms with Crippen molar-refractivity contribution in [1.82, 2.24) is 0 Å². The maximum absolute atomic E-state index is 10.1. The minimum Gasteiger partial charge on any atom is -0.298 e. The van der Waals surface area contributed by atoms with E-state index in [0.717, 1.165) is 12.6 Å². The number of carbonyl (C=O) groups excluding carboxylic acids is 2. The van der Waals surface area contributed by atoms with Crippen LogP contribution in [0.2, 0.25) is 0 Å². The zero-order valence-electron chi connectivity index (χ0n) is 7.28. The van der Waals surface area contributed by atoms with Crippen LogP contribution in [0.5, 0.6) is 0 Å². The number of hydrogen-bond donors (Lipinski definition) is 0. The first-order valence-electron chi connectivity index (χ1n) is 3.87. The number of aldehydes is 2. The molecule has 0 aliphatic carbocycles. The molecule has 0 heterocycles. The van der Waals surface area contributed by atoms with Gasteiger partial charge in [-0.2, -0.15) is 0 Å². The van der Waals surface area contributed by atoms with E-state index in [-0.39, 0.29) is 0 Å². The topological polar surface area (TPSA) is 34.1 Å². The number of hydrogen-bond acceptors (Lipinski definition) is 2. The summed E-state index contributed by atoms with van der Waals surface area (Å²) in [5, 5.41) is 0. The molecule has 0 amide bonds. The van der Waals surface area contributed by atoms with Crippen molar-refractivity contribution >= 4 is 12.6 Å². The van der Waals surface area contributed by atoms with Crippen LogP contribution in [-0.2, 0) is 0 Å². The SMILES string of the molecule is CC.O=Cc1ccc(C=O)cc1. The van der Waals surface area contributed by atoms with Crippen molar-refractivity contribution in [2.75, 3.05) is 0 Å². The molecule has 0 aromatic heterocycles. The molecular formula is C10H12O2. The van der Waals surface area contributed by atoms with Gasteiger partial charge in [0.05, 0.1) is 0 Å². The fraction of sp³-hybridized carbons (Fsp3) is 0.200. The molecule has 1 aromatic carbocycles. The summed E-state index contributed by atoms with van der Waals surface area (Å²) in [6.07, 6.45) is 1.49. The summed E-state index contributed by atoms with van der Waals surface area (Å²) in [7, 11) is 0. The van der Waals surface area contributed by atoms with Crippen LogP contribution in [0.4, 0.5) is 0 Å². The van der Waals surface area contributed by atoms with Gasteiger partial charge in [0.2, 0.25) is 0 Å². The summed E-state index contributed by atoms with van der Waals surface area (Å²) in [4.78, 5) is 20.2. The average Bonchev–Trinajstić information content (AvgIpc) is 2.21. The van der Waals surface area contributed by atoms with Crippen LogP contribution >= 0.6 is 0 Å². The summed E-state index contributed by atoms with van der Waals surface area (Å²) in [5.74, 6) is 0. The van der Waals surface area contributed by atoms with Crippen LogP contribution in [0, 0.1) is 0 Å². The second-order valence-electron chi connectivity index (χ2n) is 1.90. The first kappa shape index (κ1) is 10.6. The van der Waals surface area contributed by atoms with E-state index >= 15 is 0 Å². The highest BCUT2D eigenvalue weighted by molar-refractivity contribution is 5.79. The van der Waals surface area contributed by atoms with E-state index in [9.17, 15) is 9.59 Å². The largest absolute Gasteiger partial charge is 0.298 e. The lowest BCUT2D eigenvalue weighted by atomic mass is 10.2. The van der Waals surface area contributed by atoms with Gasteiger partial charge in [-0.3, -0.25) is 9.59 Å². The van der Waals surface area contributed by atoms with Crippen molar-refractivity contribution in [3.8, 4) is 0 Å². The lowest BCUT2D eigenvalue weighted by molar-refractivity contribution is 0.111. The summed E-state index contributed by atoms with van der Waals surface area (Å²) >= 11 is 0. The average molecular weight is 164 g/mol. The Kier molecular flexibility index (Phi) is 5.53. The minimum atomic E-state index is 0.589. The van der Waals surface area contributed by atoms with Crippen LogP contribution in [-0.4, -0.2) is 12.6 Å². The zero-order valence-corrected chi connectivity index (χ0v) is 7.28. The second kappa shape index (κ2) is 6.28. The summed E-state index contributed by atoms with van der Waals surface area (Å²) in [5.41, 5.74) is 1.18. The Balaban J connectivity index is 0.000000561. The Morgan fingerprint density at radius 3 is 1.25 bits per heavy atom. The van der Waals surface area contributed by atoms with Gasteiger partial charge in [-0.25, -0.2) is 0 Å². The maximum Gasteiger partial charge on any atom is 0.150 e. The molecule has 0 fully saturated rings.